The zero-order chi connectivity index (χ0) is 19.7. The smallest absolute Gasteiger partial charge is 0.282 e. The minimum Gasteiger partial charge on any atom is -0.497 e. The van der Waals surface area contributed by atoms with Crippen molar-refractivity contribution >= 4 is 22.6 Å². The number of nitrogens with one attached hydrogen (secondary N) is 3. The molecule has 1 amide bonds. The van der Waals surface area contributed by atoms with Crippen molar-refractivity contribution in [2.45, 2.75) is 25.3 Å². The van der Waals surface area contributed by atoms with Gasteiger partial charge in [-0.3, -0.25) is 4.79 Å². The quantitative estimate of drug-likeness (QED) is 0.623. The van der Waals surface area contributed by atoms with Crippen molar-refractivity contribution in [2.24, 2.45) is 0 Å². The third-order valence-electron chi connectivity index (χ3n) is 4.88. The summed E-state index contributed by atoms with van der Waals surface area (Å²) in [4.78, 5) is 15.6. The van der Waals surface area contributed by atoms with Gasteiger partial charge in [0.15, 0.2) is 5.69 Å². The number of carbonyl (C=O) groups is 1. The average molecular weight is 390 g/mol. The fourth-order valence-corrected chi connectivity index (χ4v) is 3.47. The molecule has 0 saturated carbocycles. The Morgan fingerprint density at radius 2 is 2.11 bits per heavy atom. The average Bonchev–Trinajstić information content (AvgIpc) is 3.31. The number of anilines is 1. The summed E-state index contributed by atoms with van der Waals surface area (Å²) in [5.41, 5.74) is -0.0181. The van der Waals surface area contributed by atoms with E-state index in [-0.39, 0.29) is 11.7 Å². The molecule has 0 radical (unpaired) electrons. The van der Waals surface area contributed by atoms with Gasteiger partial charge in [-0.25, -0.2) is 13.5 Å². The Kier molecular flexibility index (Phi) is 4.95. The monoisotopic (exact) mass is 390 g/mol. The number of hydrogen-bond acceptors (Lipinski definition) is 5. The normalized spacial score (nSPS) is 15.3. The highest BCUT2D eigenvalue weighted by Crippen LogP contribution is 2.29. The van der Waals surface area contributed by atoms with Crippen LogP contribution in [-0.4, -0.2) is 46.1 Å². The van der Waals surface area contributed by atoms with Crippen molar-refractivity contribution in [1.82, 2.24) is 25.3 Å². The van der Waals surface area contributed by atoms with Gasteiger partial charge in [-0.15, -0.1) is 5.10 Å². The summed E-state index contributed by atoms with van der Waals surface area (Å²) in [6, 6.07) is 6.90. The van der Waals surface area contributed by atoms with Gasteiger partial charge in [-0.1, -0.05) is 5.21 Å². The van der Waals surface area contributed by atoms with Crippen LogP contribution < -0.4 is 15.4 Å². The molecule has 3 heterocycles. The lowest BCUT2D eigenvalue weighted by atomic mass is 10.1. The Hall–Kier alpha value is -3.01. The Balaban J connectivity index is 1.60. The van der Waals surface area contributed by atoms with E-state index in [1.54, 1.807) is 25.3 Å². The largest absolute Gasteiger partial charge is 0.497 e. The second-order valence-corrected chi connectivity index (χ2v) is 6.64. The number of aromatic nitrogens is 4. The standard InChI is InChI=1S/C18H20F2N6O2/c1-28-12-2-3-13-10(8-12)9-14(22-13)23-18(27)15-16(17(19)20)26(25-24-15)11-4-6-21-7-5-11/h2-3,8-9,11,17,21-22H,4-7H2,1H3,(H,23,27). The van der Waals surface area contributed by atoms with Crippen LogP contribution >= 0.6 is 0 Å². The summed E-state index contributed by atoms with van der Waals surface area (Å²) in [5.74, 6) is 0.327. The highest BCUT2D eigenvalue weighted by Gasteiger charge is 2.30. The van der Waals surface area contributed by atoms with Gasteiger partial charge in [0, 0.05) is 10.9 Å². The number of rotatable bonds is 5. The number of nitrogens with zero attached hydrogens (tertiary/aromatic N) is 3. The van der Waals surface area contributed by atoms with E-state index >= 15 is 0 Å². The van der Waals surface area contributed by atoms with E-state index in [9.17, 15) is 13.6 Å². The molecule has 0 aliphatic carbocycles. The molecule has 2 aromatic heterocycles. The topological polar surface area (TPSA) is 96.9 Å². The number of fused-ring (bicyclic) bond motifs is 1. The number of H-pyrrole nitrogens is 1. The fraction of sp³-hybridized carbons (Fsp3) is 0.389. The van der Waals surface area contributed by atoms with Crippen LogP contribution in [0.4, 0.5) is 14.6 Å². The first kappa shape index (κ1) is 18.4. The molecule has 1 saturated heterocycles. The number of hydrogen-bond donors (Lipinski definition) is 3. The van der Waals surface area contributed by atoms with Crippen LogP contribution in [0, 0.1) is 0 Å². The molecule has 1 fully saturated rings. The number of halogens is 2. The molecule has 3 N–H and O–H groups in total. The predicted molar refractivity (Wildman–Crippen MR) is 98.9 cm³/mol. The molecule has 0 bridgehead atoms. The van der Waals surface area contributed by atoms with Crippen LogP contribution in [0.25, 0.3) is 10.9 Å². The maximum absolute atomic E-state index is 13.7. The maximum atomic E-state index is 13.7. The number of methoxy groups -OCH3 is 1. The molecule has 28 heavy (non-hydrogen) atoms. The summed E-state index contributed by atoms with van der Waals surface area (Å²) in [6.07, 6.45) is -1.53. The number of benzene rings is 1. The lowest BCUT2D eigenvalue weighted by Crippen LogP contribution is -2.31. The Labute approximate surface area is 159 Å². The second kappa shape index (κ2) is 7.55. The highest BCUT2D eigenvalue weighted by atomic mass is 19.3. The number of carbonyl (C=O) groups excluding carboxylic acids is 1. The van der Waals surface area contributed by atoms with Crippen molar-refractivity contribution in [3.05, 3.63) is 35.7 Å². The first-order valence-corrected chi connectivity index (χ1v) is 8.99. The van der Waals surface area contributed by atoms with Crippen molar-refractivity contribution in [3.63, 3.8) is 0 Å². The SMILES string of the molecule is COc1ccc2[nH]c(NC(=O)c3nnn(C4CCNCC4)c3C(F)F)cc2c1. The van der Waals surface area contributed by atoms with Gasteiger partial charge in [-0.05, 0) is 50.2 Å². The number of ether oxygens (including phenoxy) is 1. The molecule has 1 aliphatic rings. The Morgan fingerprint density at radius 3 is 2.82 bits per heavy atom. The molecule has 8 nitrogen and oxygen atoms in total. The lowest BCUT2D eigenvalue weighted by molar-refractivity contribution is 0.0995. The van der Waals surface area contributed by atoms with Crippen molar-refractivity contribution in [2.75, 3.05) is 25.5 Å². The third-order valence-corrected chi connectivity index (χ3v) is 4.88. The predicted octanol–water partition coefficient (Wildman–Crippen LogP) is 2.88. The summed E-state index contributed by atoms with van der Waals surface area (Å²) in [7, 11) is 1.56. The Bertz CT molecular complexity index is 993. The van der Waals surface area contributed by atoms with Crippen LogP contribution in [0.2, 0.25) is 0 Å². The molecular formula is C18H20F2N6O2. The highest BCUT2D eigenvalue weighted by molar-refractivity contribution is 6.04. The number of aromatic amines is 1. The molecule has 148 valence electrons. The van der Waals surface area contributed by atoms with Gasteiger partial charge in [0.25, 0.3) is 12.3 Å². The van der Waals surface area contributed by atoms with Gasteiger partial charge < -0.3 is 20.4 Å². The van der Waals surface area contributed by atoms with Gasteiger partial charge in [-0.2, -0.15) is 0 Å². The molecule has 4 rings (SSSR count). The van der Waals surface area contributed by atoms with Crippen LogP contribution in [0.5, 0.6) is 5.75 Å². The van der Waals surface area contributed by atoms with Crippen LogP contribution in [-0.2, 0) is 0 Å². The van der Waals surface area contributed by atoms with Crippen molar-refractivity contribution < 1.29 is 18.3 Å². The maximum Gasteiger partial charge on any atom is 0.282 e. The zero-order valence-corrected chi connectivity index (χ0v) is 15.2. The van der Waals surface area contributed by atoms with E-state index in [0.717, 1.165) is 10.9 Å². The molecule has 1 aromatic carbocycles. The summed E-state index contributed by atoms with van der Waals surface area (Å²) >= 11 is 0. The van der Waals surface area contributed by atoms with Crippen LogP contribution in [0.1, 0.15) is 41.5 Å². The minimum absolute atomic E-state index is 0.195. The van der Waals surface area contributed by atoms with E-state index in [2.05, 4.69) is 25.9 Å². The van der Waals surface area contributed by atoms with Crippen molar-refractivity contribution in [1.29, 1.82) is 0 Å². The molecular weight excluding hydrogens is 370 g/mol. The first-order chi connectivity index (χ1) is 13.6. The van der Waals surface area contributed by atoms with E-state index in [1.165, 1.54) is 4.68 Å². The van der Waals surface area contributed by atoms with E-state index in [1.807, 2.05) is 6.07 Å². The summed E-state index contributed by atoms with van der Waals surface area (Å²) < 4.78 is 33.8. The van der Waals surface area contributed by atoms with Gasteiger partial charge >= 0.3 is 0 Å². The van der Waals surface area contributed by atoms with Crippen LogP contribution in [0.3, 0.4) is 0 Å². The molecule has 0 spiro atoms. The van der Waals surface area contributed by atoms with Gasteiger partial charge in [0.2, 0.25) is 0 Å². The number of alkyl halides is 2. The van der Waals surface area contributed by atoms with Gasteiger partial charge in [0.1, 0.15) is 17.3 Å². The molecule has 0 atom stereocenters. The number of amides is 1. The molecule has 1 aliphatic heterocycles. The molecule has 3 aromatic rings. The molecule has 0 unspecified atom stereocenters. The van der Waals surface area contributed by atoms with Crippen molar-refractivity contribution in [3.8, 4) is 5.75 Å². The number of piperidine rings is 1. The lowest BCUT2D eigenvalue weighted by Gasteiger charge is -2.23. The minimum atomic E-state index is -2.85. The molecule has 10 heteroatoms. The summed E-state index contributed by atoms with van der Waals surface area (Å²) in [5, 5.41) is 14.2. The first-order valence-electron chi connectivity index (χ1n) is 8.99. The summed E-state index contributed by atoms with van der Waals surface area (Å²) in [6.45, 7) is 1.43. The van der Waals surface area contributed by atoms with Crippen LogP contribution in [0.15, 0.2) is 24.3 Å². The van der Waals surface area contributed by atoms with E-state index in [0.29, 0.717) is 37.5 Å². The fourth-order valence-electron chi connectivity index (χ4n) is 3.47. The van der Waals surface area contributed by atoms with Gasteiger partial charge in [0.05, 0.1) is 13.2 Å². The zero-order valence-electron chi connectivity index (χ0n) is 15.2. The Morgan fingerprint density at radius 1 is 1.32 bits per heavy atom. The third kappa shape index (κ3) is 3.42. The van der Waals surface area contributed by atoms with E-state index < -0.39 is 18.0 Å². The second-order valence-electron chi connectivity index (χ2n) is 6.64. The van der Waals surface area contributed by atoms with E-state index in [4.69, 9.17) is 4.74 Å².